The summed E-state index contributed by atoms with van der Waals surface area (Å²) < 4.78 is 13.4. The van der Waals surface area contributed by atoms with E-state index in [4.69, 9.17) is 15.3 Å². The third-order valence-corrected chi connectivity index (χ3v) is 3.12. The average Bonchev–Trinajstić information content (AvgIpc) is 2.74. The second kappa shape index (κ2) is 8.60. The maximum atomic E-state index is 5.59. The van der Waals surface area contributed by atoms with E-state index in [2.05, 4.69) is 33.4 Å². The molecule has 0 bridgehead atoms. The molecular formula is C11H21BrN4O2. The van der Waals surface area contributed by atoms with Crippen LogP contribution in [0, 0.1) is 0 Å². The number of nitrogens with one attached hydrogen (secondary N) is 1. The van der Waals surface area contributed by atoms with Crippen molar-refractivity contribution in [3.63, 3.8) is 0 Å². The first-order chi connectivity index (χ1) is 8.74. The highest BCUT2D eigenvalue weighted by atomic mass is 79.9. The molecule has 1 rings (SSSR count). The first-order valence-electron chi connectivity index (χ1n) is 5.98. The molecule has 1 aromatic heterocycles. The van der Waals surface area contributed by atoms with Gasteiger partial charge < -0.3 is 9.47 Å². The third-order valence-electron chi connectivity index (χ3n) is 2.50. The molecule has 0 radical (unpaired) electrons. The average molecular weight is 321 g/mol. The molecule has 1 aromatic rings. The maximum absolute atomic E-state index is 5.59. The minimum Gasteiger partial charge on any atom is -0.383 e. The number of hydrogen-bond donors (Lipinski definition) is 2. The van der Waals surface area contributed by atoms with Gasteiger partial charge in [0.2, 0.25) is 0 Å². The molecule has 1 atom stereocenters. The summed E-state index contributed by atoms with van der Waals surface area (Å²) in [6.45, 7) is 4.60. The van der Waals surface area contributed by atoms with Gasteiger partial charge in [0.1, 0.15) is 0 Å². The SMILES string of the molecule is CCCOCC(NN)c1c(Br)cnn1CCOC. The van der Waals surface area contributed by atoms with Crippen LogP contribution >= 0.6 is 15.9 Å². The molecule has 0 aliphatic carbocycles. The van der Waals surface area contributed by atoms with Gasteiger partial charge >= 0.3 is 0 Å². The lowest BCUT2D eigenvalue weighted by Crippen LogP contribution is -2.33. The van der Waals surface area contributed by atoms with Crippen molar-refractivity contribution in [2.75, 3.05) is 26.9 Å². The van der Waals surface area contributed by atoms with Crippen molar-refractivity contribution < 1.29 is 9.47 Å². The van der Waals surface area contributed by atoms with Gasteiger partial charge in [-0.2, -0.15) is 5.10 Å². The number of rotatable bonds is 9. The van der Waals surface area contributed by atoms with E-state index in [1.165, 1.54) is 0 Å². The van der Waals surface area contributed by atoms with Crippen LogP contribution in [0.15, 0.2) is 10.7 Å². The van der Waals surface area contributed by atoms with Gasteiger partial charge in [-0.15, -0.1) is 0 Å². The summed E-state index contributed by atoms with van der Waals surface area (Å²) in [4.78, 5) is 0. The summed E-state index contributed by atoms with van der Waals surface area (Å²) in [5, 5.41) is 4.29. The molecule has 0 spiro atoms. The Kier molecular flexibility index (Phi) is 7.45. The van der Waals surface area contributed by atoms with Crippen LogP contribution in [0.4, 0.5) is 0 Å². The maximum Gasteiger partial charge on any atom is 0.0873 e. The first kappa shape index (κ1) is 15.6. The van der Waals surface area contributed by atoms with Gasteiger partial charge in [0.05, 0.1) is 42.2 Å². The largest absolute Gasteiger partial charge is 0.383 e. The van der Waals surface area contributed by atoms with E-state index in [0.717, 1.165) is 23.2 Å². The molecule has 0 fully saturated rings. The van der Waals surface area contributed by atoms with Crippen LogP contribution in [0.3, 0.4) is 0 Å². The quantitative estimate of drug-likeness (QED) is 0.406. The predicted octanol–water partition coefficient (Wildman–Crippen LogP) is 1.22. The zero-order chi connectivity index (χ0) is 13.4. The van der Waals surface area contributed by atoms with Gasteiger partial charge in [-0.3, -0.25) is 10.5 Å². The summed E-state index contributed by atoms with van der Waals surface area (Å²) in [6, 6.07) is -0.0923. The van der Waals surface area contributed by atoms with E-state index in [9.17, 15) is 0 Å². The molecule has 6 nitrogen and oxygen atoms in total. The van der Waals surface area contributed by atoms with Gasteiger partial charge in [-0.1, -0.05) is 6.92 Å². The Balaban J connectivity index is 2.73. The van der Waals surface area contributed by atoms with Crippen molar-refractivity contribution in [1.29, 1.82) is 0 Å². The smallest absolute Gasteiger partial charge is 0.0873 e. The Morgan fingerprint density at radius 3 is 2.94 bits per heavy atom. The minimum atomic E-state index is -0.0923. The third kappa shape index (κ3) is 4.33. The number of halogens is 1. The molecule has 0 saturated carbocycles. The molecule has 0 aliphatic rings. The number of ether oxygens (including phenoxy) is 2. The normalized spacial score (nSPS) is 12.9. The zero-order valence-corrected chi connectivity index (χ0v) is 12.4. The highest BCUT2D eigenvalue weighted by Crippen LogP contribution is 2.23. The number of methoxy groups -OCH3 is 1. The minimum absolute atomic E-state index is 0.0923. The predicted molar refractivity (Wildman–Crippen MR) is 73.0 cm³/mol. The van der Waals surface area contributed by atoms with Crippen LogP contribution in [0.25, 0.3) is 0 Å². The van der Waals surface area contributed by atoms with Gasteiger partial charge in [-0.05, 0) is 22.4 Å². The van der Waals surface area contributed by atoms with Gasteiger partial charge in [-0.25, -0.2) is 5.43 Å². The van der Waals surface area contributed by atoms with E-state index in [1.807, 2.05) is 4.68 Å². The van der Waals surface area contributed by atoms with Crippen molar-refractivity contribution in [1.82, 2.24) is 15.2 Å². The van der Waals surface area contributed by atoms with Crippen molar-refractivity contribution in [3.05, 3.63) is 16.4 Å². The van der Waals surface area contributed by atoms with E-state index in [-0.39, 0.29) is 6.04 Å². The molecule has 18 heavy (non-hydrogen) atoms. The number of aromatic nitrogens is 2. The molecule has 0 aromatic carbocycles. The molecule has 7 heteroatoms. The number of nitrogens with zero attached hydrogens (tertiary/aromatic N) is 2. The van der Waals surface area contributed by atoms with E-state index in [1.54, 1.807) is 13.3 Å². The van der Waals surface area contributed by atoms with Crippen LogP contribution in [0.5, 0.6) is 0 Å². The summed E-state index contributed by atoms with van der Waals surface area (Å²) >= 11 is 3.48. The second-order valence-corrected chi connectivity index (χ2v) is 4.74. The highest BCUT2D eigenvalue weighted by molar-refractivity contribution is 9.10. The standard InChI is InChI=1S/C11H21BrN4O2/c1-3-5-18-8-10(15-13)11-9(12)7-14-16(11)4-6-17-2/h7,10,15H,3-6,8,13H2,1-2H3. The van der Waals surface area contributed by atoms with Crippen LogP contribution in [0.1, 0.15) is 25.1 Å². The van der Waals surface area contributed by atoms with Gasteiger partial charge in [0, 0.05) is 13.7 Å². The van der Waals surface area contributed by atoms with E-state index in [0.29, 0.717) is 19.8 Å². The topological polar surface area (TPSA) is 74.3 Å². The Morgan fingerprint density at radius 1 is 1.56 bits per heavy atom. The van der Waals surface area contributed by atoms with Crippen LogP contribution < -0.4 is 11.3 Å². The fourth-order valence-corrected chi connectivity index (χ4v) is 2.20. The lowest BCUT2D eigenvalue weighted by atomic mass is 10.2. The first-order valence-corrected chi connectivity index (χ1v) is 6.77. The molecule has 104 valence electrons. The van der Waals surface area contributed by atoms with Crippen molar-refractivity contribution in [2.24, 2.45) is 5.84 Å². The monoisotopic (exact) mass is 320 g/mol. The lowest BCUT2D eigenvalue weighted by molar-refractivity contribution is 0.108. The van der Waals surface area contributed by atoms with Gasteiger partial charge in [0.25, 0.3) is 0 Å². The van der Waals surface area contributed by atoms with Gasteiger partial charge in [0.15, 0.2) is 0 Å². The number of hydrazine groups is 1. The van der Waals surface area contributed by atoms with Crippen LogP contribution in [0.2, 0.25) is 0 Å². The molecular weight excluding hydrogens is 300 g/mol. The molecule has 0 aliphatic heterocycles. The van der Waals surface area contributed by atoms with E-state index >= 15 is 0 Å². The lowest BCUT2D eigenvalue weighted by Gasteiger charge is -2.18. The zero-order valence-electron chi connectivity index (χ0n) is 10.9. The Hall–Kier alpha value is -0.470. The Bertz CT molecular complexity index is 346. The summed E-state index contributed by atoms with van der Waals surface area (Å²) in [5.74, 6) is 5.59. The molecule has 0 amide bonds. The fraction of sp³-hybridized carbons (Fsp3) is 0.727. The number of nitrogens with two attached hydrogens (primary N) is 1. The van der Waals surface area contributed by atoms with E-state index < -0.39 is 0 Å². The molecule has 1 heterocycles. The van der Waals surface area contributed by atoms with Crippen molar-refractivity contribution >= 4 is 15.9 Å². The molecule has 0 saturated heterocycles. The Morgan fingerprint density at radius 2 is 2.33 bits per heavy atom. The number of hydrogen-bond acceptors (Lipinski definition) is 5. The second-order valence-electron chi connectivity index (χ2n) is 3.89. The van der Waals surface area contributed by atoms with Crippen molar-refractivity contribution in [3.8, 4) is 0 Å². The highest BCUT2D eigenvalue weighted by Gasteiger charge is 2.19. The van der Waals surface area contributed by atoms with Crippen molar-refractivity contribution in [2.45, 2.75) is 25.9 Å². The van der Waals surface area contributed by atoms with Crippen LogP contribution in [-0.2, 0) is 16.0 Å². The Labute approximate surface area is 116 Å². The summed E-state index contributed by atoms with van der Waals surface area (Å²) in [5.41, 5.74) is 3.74. The van der Waals surface area contributed by atoms with Crippen LogP contribution in [-0.4, -0.2) is 36.7 Å². The molecule has 3 N–H and O–H groups in total. The summed E-state index contributed by atoms with van der Waals surface area (Å²) in [6.07, 6.45) is 2.75. The molecule has 1 unspecified atom stereocenters. The fourth-order valence-electron chi connectivity index (χ4n) is 1.63. The summed E-state index contributed by atoms with van der Waals surface area (Å²) in [7, 11) is 1.67.